The van der Waals surface area contributed by atoms with Crippen LogP contribution in [0.4, 0.5) is 13.2 Å². The average Bonchev–Trinajstić information content (AvgIpc) is 2.69. The summed E-state index contributed by atoms with van der Waals surface area (Å²) in [5.74, 6) is -3.25. The molecular weight excluding hydrogens is 255 g/mol. The Morgan fingerprint density at radius 3 is 2.56 bits per heavy atom. The SMILES string of the molecule is O=C(O)c1cnn2c1CN(C(=O)C(F)(F)F)CC2. The Bertz CT molecular complexity index is 509. The normalized spacial score (nSPS) is 15.4. The molecule has 0 aliphatic carbocycles. The minimum atomic E-state index is -4.95. The molecule has 0 aromatic carbocycles. The molecule has 2 heterocycles. The van der Waals surface area contributed by atoms with Gasteiger partial charge in [-0.15, -0.1) is 0 Å². The maximum atomic E-state index is 12.3. The lowest BCUT2D eigenvalue weighted by Gasteiger charge is -2.28. The highest BCUT2D eigenvalue weighted by atomic mass is 19.4. The molecule has 0 radical (unpaired) electrons. The zero-order chi connectivity index (χ0) is 13.5. The van der Waals surface area contributed by atoms with Gasteiger partial charge >= 0.3 is 18.1 Å². The van der Waals surface area contributed by atoms with Crippen LogP contribution in [0.15, 0.2) is 6.20 Å². The molecule has 6 nitrogen and oxygen atoms in total. The number of halogens is 3. The van der Waals surface area contributed by atoms with Crippen LogP contribution in [0.2, 0.25) is 0 Å². The maximum absolute atomic E-state index is 12.3. The third kappa shape index (κ3) is 2.03. The highest BCUT2D eigenvalue weighted by molar-refractivity contribution is 5.89. The second-order valence-electron chi connectivity index (χ2n) is 3.76. The lowest BCUT2D eigenvalue weighted by atomic mass is 10.2. The van der Waals surface area contributed by atoms with Crippen molar-refractivity contribution in [2.45, 2.75) is 19.3 Å². The zero-order valence-corrected chi connectivity index (χ0v) is 8.94. The number of hydrogen-bond acceptors (Lipinski definition) is 3. The molecule has 0 atom stereocenters. The number of aromatic carboxylic acids is 1. The number of nitrogens with zero attached hydrogens (tertiary/aromatic N) is 3. The number of fused-ring (bicyclic) bond motifs is 1. The molecule has 1 aromatic heterocycles. The second-order valence-corrected chi connectivity index (χ2v) is 3.76. The quantitative estimate of drug-likeness (QED) is 0.799. The Morgan fingerprint density at radius 2 is 2.00 bits per heavy atom. The lowest BCUT2D eigenvalue weighted by Crippen LogP contribution is -2.45. The molecule has 0 saturated heterocycles. The zero-order valence-electron chi connectivity index (χ0n) is 8.94. The van der Waals surface area contributed by atoms with Gasteiger partial charge in [-0.1, -0.05) is 0 Å². The Kier molecular flexibility index (Phi) is 2.76. The smallest absolute Gasteiger partial charge is 0.471 e. The lowest BCUT2D eigenvalue weighted by molar-refractivity contribution is -0.187. The van der Waals surface area contributed by atoms with E-state index in [1.807, 2.05) is 0 Å². The van der Waals surface area contributed by atoms with Crippen molar-refractivity contribution in [3.05, 3.63) is 17.5 Å². The van der Waals surface area contributed by atoms with Crippen molar-refractivity contribution in [1.29, 1.82) is 0 Å². The maximum Gasteiger partial charge on any atom is 0.471 e. The third-order valence-corrected chi connectivity index (χ3v) is 2.63. The fourth-order valence-corrected chi connectivity index (χ4v) is 1.78. The Morgan fingerprint density at radius 1 is 1.33 bits per heavy atom. The van der Waals surface area contributed by atoms with Crippen LogP contribution in [0.1, 0.15) is 16.1 Å². The largest absolute Gasteiger partial charge is 0.478 e. The summed E-state index contributed by atoms with van der Waals surface area (Å²) in [6.07, 6.45) is -3.88. The molecule has 98 valence electrons. The number of aromatic nitrogens is 2. The first-order chi connectivity index (χ1) is 8.30. The van der Waals surface area contributed by atoms with Crippen molar-refractivity contribution in [1.82, 2.24) is 14.7 Å². The van der Waals surface area contributed by atoms with Crippen molar-refractivity contribution in [3.8, 4) is 0 Å². The van der Waals surface area contributed by atoms with Gasteiger partial charge in [0.25, 0.3) is 0 Å². The summed E-state index contributed by atoms with van der Waals surface area (Å²) < 4.78 is 38.1. The molecule has 1 aliphatic rings. The summed E-state index contributed by atoms with van der Waals surface area (Å²) in [7, 11) is 0. The molecule has 1 amide bonds. The van der Waals surface area contributed by atoms with E-state index in [0.29, 0.717) is 4.90 Å². The fraction of sp³-hybridized carbons (Fsp3) is 0.444. The van der Waals surface area contributed by atoms with E-state index in [0.717, 1.165) is 6.20 Å². The van der Waals surface area contributed by atoms with Gasteiger partial charge in [0.1, 0.15) is 5.56 Å². The Hall–Kier alpha value is -2.06. The number of carbonyl (C=O) groups is 2. The van der Waals surface area contributed by atoms with Gasteiger partial charge in [-0.2, -0.15) is 18.3 Å². The monoisotopic (exact) mass is 263 g/mol. The number of hydrogen-bond donors (Lipinski definition) is 1. The highest BCUT2D eigenvalue weighted by Crippen LogP contribution is 2.23. The molecule has 1 N–H and O–H groups in total. The summed E-state index contributed by atoms with van der Waals surface area (Å²) in [4.78, 5) is 22.5. The van der Waals surface area contributed by atoms with Crippen LogP contribution in [-0.2, 0) is 17.9 Å². The van der Waals surface area contributed by atoms with E-state index >= 15 is 0 Å². The van der Waals surface area contributed by atoms with Crippen molar-refractivity contribution in [3.63, 3.8) is 0 Å². The fourth-order valence-electron chi connectivity index (χ4n) is 1.78. The van der Waals surface area contributed by atoms with Crippen molar-refractivity contribution >= 4 is 11.9 Å². The number of rotatable bonds is 1. The number of carboxylic acid groups (broad SMARTS) is 1. The number of carbonyl (C=O) groups excluding carboxylic acids is 1. The number of amides is 1. The van der Waals surface area contributed by atoms with Gasteiger partial charge in [0.2, 0.25) is 0 Å². The number of alkyl halides is 3. The number of carboxylic acids is 1. The average molecular weight is 263 g/mol. The van der Waals surface area contributed by atoms with E-state index in [-0.39, 0.29) is 24.3 Å². The minimum absolute atomic E-state index is 0.0461. The van der Waals surface area contributed by atoms with Gasteiger partial charge < -0.3 is 10.0 Å². The predicted molar refractivity (Wildman–Crippen MR) is 50.7 cm³/mol. The van der Waals surface area contributed by atoms with Crippen LogP contribution in [-0.4, -0.2) is 44.4 Å². The van der Waals surface area contributed by atoms with Gasteiger partial charge in [-0.25, -0.2) is 4.79 Å². The Balaban J connectivity index is 2.26. The van der Waals surface area contributed by atoms with Gasteiger partial charge in [-0.3, -0.25) is 9.48 Å². The first-order valence-corrected chi connectivity index (χ1v) is 4.95. The second kappa shape index (κ2) is 4.00. The molecule has 9 heteroatoms. The van der Waals surface area contributed by atoms with Crippen LogP contribution in [0.3, 0.4) is 0 Å². The van der Waals surface area contributed by atoms with Gasteiger partial charge in [-0.05, 0) is 0 Å². The summed E-state index contributed by atoms with van der Waals surface area (Å²) in [5, 5.41) is 12.6. The topological polar surface area (TPSA) is 75.4 Å². The van der Waals surface area contributed by atoms with E-state index in [4.69, 9.17) is 5.11 Å². The first-order valence-electron chi connectivity index (χ1n) is 4.95. The van der Waals surface area contributed by atoms with E-state index in [1.165, 1.54) is 4.68 Å². The van der Waals surface area contributed by atoms with Crippen molar-refractivity contribution < 1.29 is 27.9 Å². The van der Waals surface area contributed by atoms with E-state index < -0.39 is 24.6 Å². The van der Waals surface area contributed by atoms with Gasteiger partial charge in [0.15, 0.2) is 0 Å². The molecule has 2 rings (SSSR count). The molecule has 0 spiro atoms. The van der Waals surface area contributed by atoms with Gasteiger partial charge in [0, 0.05) is 6.54 Å². The highest BCUT2D eigenvalue weighted by Gasteiger charge is 2.43. The molecule has 0 saturated carbocycles. The van der Waals surface area contributed by atoms with Crippen molar-refractivity contribution in [2.24, 2.45) is 0 Å². The Labute approximate surface area is 98.6 Å². The summed E-state index contributed by atoms with van der Waals surface area (Å²) in [6.45, 7) is -0.503. The van der Waals surface area contributed by atoms with Crippen LogP contribution >= 0.6 is 0 Å². The summed E-state index contributed by atoms with van der Waals surface area (Å²) in [5.41, 5.74) is -0.0824. The van der Waals surface area contributed by atoms with Crippen LogP contribution in [0.25, 0.3) is 0 Å². The molecule has 0 unspecified atom stereocenters. The van der Waals surface area contributed by atoms with E-state index in [2.05, 4.69) is 5.10 Å². The molecular formula is C9H8F3N3O3. The molecule has 18 heavy (non-hydrogen) atoms. The van der Waals surface area contributed by atoms with Crippen LogP contribution < -0.4 is 0 Å². The van der Waals surface area contributed by atoms with Gasteiger partial charge in [0.05, 0.1) is 25.0 Å². The van der Waals surface area contributed by atoms with E-state index in [1.54, 1.807) is 0 Å². The summed E-state index contributed by atoms with van der Waals surface area (Å²) in [6, 6.07) is 0. The standard InChI is InChI=1S/C9H8F3N3O3/c10-9(11,12)8(18)14-1-2-15-6(4-14)5(3-13-15)7(16)17/h3H,1-2,4H2,(H,16,17). The molecule has 1 aromatic rings. The minimum Gasteiger partial charge on any atom is -0.478 e. The molecule has 1 aliphatic heterocycles. The predicted octanol–water partition coefficient (Wildman–Crippen LogP) is 0.486. The van der Waals surface area contributed by atoms with Crippen LogP contribution in [0, 0.1) is 0 Å². The first kappa shape index (κ1) is 12.4. The van der Waals surface area contributed by atoms with Crippen molar-refractivity contribution in [2.75, 3.05) is 6.54 Å². The van der Waals surface area contributed by atoms with E-state index in [9.17, 15) is 22.8 Å². The summed E-state index contributed by atoms with van der Waals surface area (Å²) >= 11 is 0. The molecule has 0 bridgehead atoms. The van der Waals surface area contributed by atoms with Crippen LogP contribution in [0.5, 0.6) is 0 Å². The third-order valence-electron chi connectivity index (χ3n) is 2.63. The molecule has 0 fully saturated rings.